The van der Waals surface area contributed by atoms with Crippen LogP contribution in [0.2, 0.25) is 0 Å². The number of nitrogens with zero attached hydrogens (tertiary/aromatic N) is 1. The van der Waals surface area contributed by atoms with Crippen molar-refractivity contribution >= 4 is 11.9 Å². The maximum atomic E-state index is 11.8. The Labute approximate surface area is 103 Å². The lowest BCUT2D eigenvalue weighted by molar-refractivity contribution is -0.125. The normalized spacial score (nSPS) is 27.3. The van der Waals surface area contributed by atoms with E-state index in [0.29, 0.717) is 11.8 Å². The number of imide groups is 1. The van der Waals surface area contributed by atoms with Gasteiger partial charge in [0.2, 0.25) is 5.91 Å². The van der Waals surface area contributed by atoms with E-state index in [-0.39, 0.29) is 11.9 Å². The molecule has 1 heterocycles. The van der Waals surface area contributed by atoms with E-state index in [0.717, 1.165) is 13.1 Å². The van der Waals surface area contributed by atoms with Gasteiger partial charge in [0, 0.05) is 20.1 Å². The van der Waals surface area contributed by atoms with E-state index >= 15 is 0 Å². The average molecular weight is 241 g/mol. The fourth-order valence-corrected chi connectivity index (χ4v) is 2.47. The fraction of sp³-hybridized carbons (Fsp3) is 0.833. The molecule has 0 aromatic carbocycles. The van der Waals surface area contributed by atoms with Gasteiger partial charge in [0.25, 0.3) is 0 Å². The molecule has 3 atom stereocenters. The van der Waals surface area contributed by atoms with E-state index in [2.05, 4.69) is 29.4 Å². The highest BCUT2D eigenvalue weighted by Gasteiger charge is 2.29. The van der Waals surface area contributed by atoms with Crippen LogP contribution in [-0.4, -0.2) is 43.0 Å². The number of hydrogen-bond donors (Lipinski definition) is 2. The molecule has 3 unspecified atom stereocenters. The smallest absolute Gasteiger partial charge is 0.321 e. The largest absolute Gasteiger partial charge is 0.341 e. The molecule has 1 aliphatic heterocycles. The van der Waals surface area contributed by atoms with Crippen LogP contribution in [-0.2, 0) is 4.79 Å². The maximum Gasteiger partial charge on any atom is 0.321 e. The Hall–Kier alpha value is -1.10. The molecule has 1 rings (SSSR count). The molecule has 5 nitrogen and oxygen atoms in total. The Morgan fingerprint density at radius 2 is 1.76 bits per heavy atom. The highest BCUT2D eigenvalue weighted by molar-refractivity contribution is 5.96. The van der Waals surface area contributed by atoms with Crippen LogP contribution in [0.4, 0.5) is 4.79 Å². The zero-order chi connectivity index (χ0) is 13.0. The van der Waals surface area contributed by atoms with Gasteiger partial charge in [-0.3, -0.25) is 15.0 Å². The van der Waals surface area contributed by atoms with Crippen LogP contribution in [0.25, 0.3) is 0 Å². The summed E-state index contributed by atoms with van der Waals surface area (Å²) >= 11 is 0. The summed E-state index contributed by atoms with van der Waals surface area (Å²) in [7, 11) is 1.50. The predicted molar refractivity (Wildman–Crippen MR) is 66.6 cm³/mol. The summed E-state index contributed by atoms with van der Waals surface area (Å²) in [6, 6.07) is -0.697. The first kappa shape index (κ1) is 14.0. The summed E-state index contributed by atoms with van der Waals surface area (Å²) in [5, 5.41) is 4.71. The number of nitrogens with one attached hydrogen (secondary N) is 2. The number of amides is 3. The SMILES string of the molecule is CNC(=O)NC(=O)C(C)N1CC(C)CC(C)C1. The van der Waals surface area contributed by atoms with Gasteiger partial charge in [-0.05, 0) is 25.2 Å². The summed E-state index contributed by atoms with van der Waals surface area (Å²) in [5.41, 5.74) is 0. The van der Waals surface area contributed by atoms with Gasteiger partial charge in [-0.25, -0.2) is 4.79 Å². The molecule has 1 saturated heterocycles. The van der Waals surface area contributed by atoms with Crippen molar-refractivity contribution in [3.8, 4) is 0 Å². The first-order valence-electron chi connectivity index (χ1n) is 6.20. The highest BCUT2D eigenvalue weighted by Crippen LogP contribution is 2.22. The minimum atomic E-state index is -0.444. The second-order valence-corrected chi connectivity index (χ2v) is 5.14. The zero-order valence-electron chi connectivity index (χ0n) is 11.1. The van der Waals surface area contributed by atoms with Crippen molar-refractivity contribution in [1.29, 1.82) is 0 Å². The Morgan fingerprint density at radius 1 is 1.24 bits per heavy atom. The lowest BCUT2D eigenvalue weighted by Gasteiger charge is -2.37. The predicted octanol–water partition coefficient (Wildman–Crippen LogP) is 0.808. The first-order chi connectivity index (χ1) is 7.93. The van der Waals surface area contributed by atoms with Gasteiger partial charge in [-0.2, -0.15) is 0 Å². The second-order valence-electron chi connectivity index (χ2n) is 5.14. The quantitative estimate of drug-likeness (QED) is 0.752. The molecule has 0 saturated carbocycles. The molecule has 0 aromatic rings. The monoisotopic (exact) mass is 241 g/mol. The van der Waals surface area contributed by atoms with Crippen LogP contribution >= 0.6 is 0 Å². The molecule has 17 heavy (non-hydrogen) atoms. The minimum Gasteiger partial charge on any atom is -0.341 e. The number of hydrogen-bond acceptors (Lipinski definition) is 3. The first-order valence-corrected chi connectivity index (χ1v) is 6.20. The van der Waals surface area contributed by atoms with Crippen molar-refractivity contribution in [3.63, 3.8) is 0 Å². The number of rotatable bonds is 2. The van der Waals surface area contributed by atoms with Crippen LogP contribution in [0, 0.1) is 11.8 Å². The van der Waals surface area contributed by atoms with Crippen molar-refractivity contribution < 1.29 is 9.59 Å². The van der Waals surface area contributed by atoms with Gasteiger partial charge in [-0.1, -0.05) is 13.8 Å². The Balaban J connectivity index is 2.53. The third-order valence-corrected chi connectivity index (χ3v) is 3.29. The molecular weight excluding hydrogens is 218 g/mol. The number of carbonyl (C=O) groups is 2. The van der Waals surface area contributed by atoms with Crippen LogP contribution in [0.1, 0.15) is 27.2 Å². The standard InChI is InChI=1S/C12H23N3O2/c1-8-5-9(2)7-15(6-8)10(3)11(16)14-12(17)13-4/h8-10H,5-7H2,1-4H3,(H2,13,14,16,17). The van der Waals surface area contributed by atoms with Crippen LogP contribution < -0.4 is 10.6 Å². The number of urea groups is 1. The van der Waals surface area contributed by atoms with E-state index in [1.165, 1.54) is 13.5 Å². The van der Waals surface area contributed by atoms with Gasteiger partial charge in [0.1, 0.15) is 0 Å². The molecule has 3 amide bonds. The van der Waals surface area contributed by atoms with Crippen LogP contribution in [0.3, 0.4) is 0 Å². The molecule has 0 aliphatic carbocycles. The molecule has 5 heteroatoms. The molecule has 0 bridgehead atoms. The molecule has 0 aromatic heterocycles. The van der Waals surface area contributed by atoms with E-state index in [4.69, 9.17) is 0 Å². The lowest BCUT2D eigenvalue weighted by atomic mass is 9.91. The van der Waals surface area contributed by atoms with Crippen LogP contribution in [0.5, 0.6) is 0 Å². The minimum absolute atomic E-state index is 0.231. The van der Waals surface area contributed by atoms with E-state index in [9.17, 15) is 9.59 Å². The summed E-state index contributed by atoms with van der Waals surface area (Å²) in [6.07, 6.45) is 1.21. The topological polar surface area (TPSA) is 61.4 Å². The Kier molecular flexibility index (Phi) is 4.93. The van der Waals surface area contributed by atoms with E-state index < -0.39 is 6.03 Å². The van der Waals surface area contributed by atoms with Crippen LogP contribution in [0.15, 0.2) is 0 Å². The van der Waals surface area contributed by atoms with Gasteiger partial charge in [0.15, 0.2) is 0 Å². The van der Waals surface area contributed by atoms with Gasteiger partial charge >= 0.3 is 6.03 Å². The molecule has 98 valence electrons. The van der Waals surface area contributed by atoms with Crippen molar-refractivity contribution in [2.24, 2.45) is 11.8 Å². The highest BCUT2D eigenvalue weighted by atomic mass is 16.2. The number of piperidine rings is 1. The molecular formula is C12H23N3O2. The fourth-order valence-electron chi connectivity index (χ4n) is 2.47. The van der Waals surface area contributed by atoms with Gasteiger partial charge in [0.05, 0.1) is 6.04 Å². The molecule has 1 aliphatic rings. The summed E-state index contributed by atoms with van der Waals surface area (Å²) < 4.78 is 0. The lowest BCUT2D eigenvalue weighted by Crippen LogP contribution is -2.52. The summed E-state index contributed by atoms with van der Waals surface area (Å²) in [5.74, 6) is 0.980. The van der Waals surface area contributed by atoms with Crippen molar-refractivity contribution in [3.05, 3.63) is 0 Å². The number of likely N-dealkylation sites (tertiary alicyclic amines) is 1. The average Bonchev–Trinajstić information content (AvgIpc) is 2.26. The second kappa shape index (κ2) is 6.00. The molecule has 2 N–H and O–H groups in total. The van der Waals surface area contributed by atoms with Gasteiger partial charge < -0.3 is 5.32 Å². The Morgan fingerprint density at radius 3 is 2.24 bits per heavy atom. The van der Waals surface area contributed by atoms with Crippen molar-refractivity contribution in [2.45, 2.75) is 33.2 Å². The van der Waals surface area contributed by atoms with E-state index in [1.807, 2.05) is 6.92 Å². The third kappa shape index (κ3) is 4.00. The molecule has 0 spiro atoms. The third-order valence-electron chi connectivity index (χ3n) is 3.29. The molecule has 0 radical (unpaired) electrons. The van der Waals surface area contributed by atoms with Gasteiger partial charge in [-0.15, -0.1) is 0 Å². The number of carbonyl (C=O) groups excluding carboxylic acids is 2. The summed E-state index contributed by atoms with van der Waals surface area (Å²) in [6.45, 7) is 8.10. The maximum absolute atomic E-state index is 11.8. The van der Waals surface area contributed by atoms with Crippen molar-refractivity contribution in [2.75, 3.05) is 20.1 Å². The Bertz CT molecular complexity index is 283. The summed E-state index contributed by atoms with van der Waals surface area (Å²) in [4.78, 5) is 25.0. The van der Waals surface area contributed by atoms with Crippen molar-refractivity contribution in [1.82, 2.24) is 15.5 Å². The van der Waals surface area contributed by atoms with E-state index in [1.54, 1.807) is 0 Å². The molecule has 1 fully saturated rings. The zero-order valence-corrected chi connectivity index (χ0v) is 11.1.